The largest absolute Gasteiger partial charge is 0.369 e. The molecule has 0 aromatic rings. The lowest BCUT2D eigenvalue weighted by Crippen LogP contribution is -2.66. The van der Waals surface area contributed by atoms with E-state index < -0.39 is 8.80 Å². The first-order valence-electron chi connectivity index (χ1n) is 11.4. The molecule has 5 aliphatic carbocycles. The Bertz CT molecular complexity index is 717. The fourth-order valence-electron chi connectivity index (χ4n) is 8.86. The average molecular weight is 386 g/mol. The molecule has 2 N–H and O–H groups in total. The van der Waals surface area contributed by atoms with Crippen molar-refractivity contribution in [3.05, 3.63) is 22.3 Å². The van der Waals surface area contributed by atoms with Gasteiger partial charge in [0.05, 0.1) is 5.41 Å². The van der Waals surface area contributed by atoms with Crippen molar-refractivity contribution in [2.24, 2.45) is 34.8 Å². The molecule has 2 nitrogen and oxygen atoms in total. The van der Waals surface area contributed by atoms with Crippen molar-refractivity contribution < 1.29 is 4.79 Å². The van der Waals surface area contributed by atoms with Crippen molar-refractivity contribution in [2.45, 2.75) is 90.8 Å². The van der Waals surface area contributed by atoms with Gasteiger partial charge in [-0.2, -0.15) is 0 Å². The molecule has 150 valence electrons. The van der Waals surface area contributed by atoms with Gasteiger partial charge in [0.15, 0.2) is 0 Å². The summed E-state index contributed by atoms with van der Waals surface area (Å²) in [5, 5.41) is 0.123. The molecule has 1 amide bonds. The third-order valence-corrected chi connectivity index (χ3v) is 14.4. The molecule has 27 heavy (non-hydrogen) atoms. The first-order valence-corrected chi connectivity index (χ1v) is 13.6. The summed E-state index contributed by atoms with van der Waals surface area (Å²) in [5.41, 5.74) is 12.4. The van der Waals surface area contributed by atoms with Gasteiger partial charge in [-0.1, -0.05) is 44.0 Å². The molecule has 0 radical (unpaired) electrons. The number of allylic oxidation sites excluding steroid dienone is 4. The van der Waals surface area contributed by atoms with Crippen molar-refractivity contribution >= 4 is 14.7 Å². The molecular weight excluding hydrogens is 346 g/mol. The first-order chi connectivity index (χ1) is 12.7. The van der Waals surface area contributed by atoms with Crippen molar-refractivity contribution in [3.63, 3.8) is 0 Å². The van der Waals surface area contributed by atoms with E-state index in [-0.39, 0.29) is 16.4 Å². The van der Waals surface area contributed by atoms with Crippen LogP contribution in [0.3, 0.4) is 0 Å². The molecule has 0 aliphatic heterocycles. The van der Waals surface area contributed by atoms with E-state index in [9.17, 15) is 4.79 Å². The average Bonchev–Trinajstić information content (AvgIpc) is 2.81. The van der Waals surface area contributed by atoms with Crippen molar-refractivity contribution in [2.75, 3.05) is 0 Å². The number of hydrogen-bond donors (Lipinski definition) is 1. The van der Waals surface area contributed by atoms with Crippen LogP contribution in [0.25, 0.3) is 0 Å². The van der Waals surface area contributed by atoms with Crippen molar-refractivity contribution in [1.29, 1.82) is 0 Å². The van der Waals surface area contributed by atoms with E-state index in [2.05, 4.69) is 41.5 Å². The van der Waals surface area contributed by atoms with E-state index in [4.69, 9.17) is 5.73 Å². The van der Waals surface area contributed by atoms with Crippen LogP contribution in [0.4, 0.5) is 0 Å². The summed E-state index contributed by atoms with van der Waals surface area (Å²) >= 11 is 0. The topological polar surface area (TPSA) is 43.1 Å². The Morgan fingerprint density at radius 3 is 2.00 bits per heavy atom. The zero-order chi connectivity index (χ0) is 19.7. The zero-order valence-electron chi connectivity index (χ0n) is 18.3. The van der Waals surface area contributed by atoms with Gasteiger partial charge >= 0.3 is 0 Å². The lowest BCUT2D eigenvalue weighted by molar-refractivity contribution is -0.150. The molecule has 4 unspecified atom stereocenters. The predicted molar refractivity (Wildman–Crippen MR) is 116 cm³/mol. The minimum Gasteiger partial charge on any atom is -0.369 e. The number of hydrogen-bond acceptors (Lipinski definition) is 1. The van der Waals surface area contributed by atoms with Gasteiger partial charge < -0.3 is 5.73 Å². The van der Waals surface area contributed by atoms with Gasteiger partial charge in [-0.15, -0.1) is 0 Å². The van der Waals surface area contributed by atoms with Crippen LogP contribution < -0.4 is 5.73 Å². The summed E-state index contributed by atoms with van der Waals surface area (Å²) in [5.74, 6) is 2.75. The van der Waals surface area contributed by atoms with Crippen LogP contribution in [-0.2, 0) is 4.79 Å². The normalized spacial score (nSPS) is 43.4. The Morgan fingerprint density at radius 1 is 1.04 bits per heavy atom. The highest BCUT2D eigenvalue weighted by atomic mass is 28.3. The number of carbonyl (C=O) groups is 1. The zero-order valence-corrected chi connectivity index (χ0v) is 19.5. The Morgan fingerprint density at radius 2 is 1.59 bits per heavy atom. The number of nitrogens with two attached hydrogens (primary N) is 1. The number of carbonyl (C=O) groups excluding carboxylic acids is 1. The molecule has 0 aromatic carbocycles. The second-order valence-electron chi connectivity index (χ2n) is 10.4. The minimum atomic E-state index is -1.19. The van der Waals surface area contributed by atoms with Crippen LogP contribution in [0, 0.1) is 29.1 Å². The van der Waals surface area contributed by atoms with E-state index >= 15 is 0 Å². The fourth-order valence-corrected chi connectivity index (χ4v) is 13.7. The molecule has 3 heteroatoms. The van der Waals surface area contributed by atoms with Gasteiger partial charge in [0, 0.05) is 13.8 Å². The maximum Gasteiger partial charge on any atom is 0.224 e. The summed E-state index contributed by atoms with van der Waals surface area (Å²) in [6.45, 7) is 14.2. The minimum absolute atomic E-state index is 0.0516. The van der Waals surface area contributed by atoms with Crippen LogP contribution >= 0.6 is 0 Å². The highest BCUT2D eigenvalue weighted by Gasteiger charge is 2.71. The van der Waals surface area contributed by atoms with Crippen LogP contribution in [-0.4, -0.2) is 14.7 Å². The summed E-state index contributed by atoms with van der Waals surface area (Å²) < 4.78 is 0. The molecule has 4 saturated carbocycles. The Hall–Kier alpha value is -0.833. The Kier molecular flexibility index (Phi) is 4.57. The maximum atomic E-state index is 13.3. The number of amides is 1. The summed E-state index contributed by atoms with van der Waals surface area (Å²) in [7, 11) is -1.19. The third kappa shape index (κ3) is 2.21. The van der Waals surface area contributed by atoms with Crippen LogP contribution in [0.15, 0.2) is 22.3 Å². The lowest BCUT2D eigenvalue weighted by atomic mass is 9.42. The highest BCUT2D eigenvalue weighted by molar-refractivity contribution is 6.64. The van der Waals surface area contributed by atoms with Gasteiger partial charge in [-0.05, 0) is 87.7 Å². The highest BCUT2D eigenvalue weighted by Crippen LogP contribution is 2.78. The van der Waals surface area contributed by atoms with E-state index in [0.29, 0.717) is 11.8 Å². The van der Waals surface area contributed by atoms with Gasteiger partial charge in [-0.3, -0.25) is 4.79 Å². The third-order valence-electron chi connectivity index (χ3n) is 9.80. The van der Waals surface area contributed by atoms with Gasteiger partial charge in [0.25, 0.3) is 0 Å². The molecule has 4 bridgehead atoms. The van der Waals surface area contributed by atoms with E-state index in [1.54, 1.807) is 5.57 Å². The molecule has 4 fully saturated rings. The molecule has 4 atom stereocenters. The molecule has 5 rings (SSSR count). The summed E-state index contributed by atoms with van der Waals surface area (Å²) in [6, 6.07) is 2.58. The van der Waals surface area contributed by atoms with E-state index in [0.717, 1.165) is 24.7 Å². The maximum absolute atomic E-state index is 13.3. The molecule has 0 saturated heterocycles. The van der Waals surface area contributed by atoms with E-state index in [1.165, 1.54) is 48.1 Å². The molecule has 0 aromatic heterocycles. The monoisotopic (exact) mass is 385 g/mol. The predicted octanol–water partition coefficient (Wildman–Crippen LogP) is 5.61. The smallest absolute Gasteiger partial charge is 0.224 e. The van der Waals surface area contributed by atoms with Gasteiger partial charge in [0.1, 0.15) is 0 Å². The molecule has 0 heterocycles. The van der Waals surface area contributed by atoms with Crippen molar-refractivity contribution in [3.8, 4) is 0 Å². The number of primary amides is 1. The van der Waals surface area contributed by atoms with Gasteiger partial charge in [-0.25, -0.2) is 0 Å². The summed E-state index contributed by atoms with van der Waals surface area (Å²) in [6.07, 6.45) is 6.24. The molecular formula is C24H39NOSi. The van der Waals surface area contributed by atoms with E-state index in [1.807, 2.05) is 0 Å². The van der Waals surface area contributed by atoms with Crippen molar-refractivity contribution in [1.82, 2.24) is 0 Å². The SMILES string of the molecule is CC[SiH](CC)C1(C2=C(C)C(C)=C(C)C2C)C2CC3CC(C2)CC1(C(N)=O)C3. The lowest BCUT2D eigenvalue weighted by Gasteiger charge is -2.70. The first kappa shape index (κ1) is 19.5. The Labute approximate surface area is 167 Å². The van der Waals surface area contributed by atoms with Crippen LogP contribution in [0.5, 0.6) is 0 Å². The second-order valence-corrected chi connectivity index (χ2v) is 14.4. The quantitative estimate of drug-likeness (QED) is 0.614. The second kappa shape index (κ2) is 6.34. The fraction of sp³-hybridized carbons (Fsp3) is 0.792. The molecule has 5 aliphatic rings. The van der Waals surface area contributed by atoms with Gasteiger partial charge in [0.2, 0.25) is 5.91 Å². The van der Waals surface area contributed by atoms with Crippen LogP contribution in [0.2, 0.25) is 17.1 Å². The standard InChI is InChI=1S/C24H39NOSi/c1-7-27(8-2)24(21-16(5)14(3)15(4)17(21)6)20-10-18-9-19(11-20)13-23(24,12-18)22(25)26/h16,18-20,27H,7-13H2,1-6H3,(H2,25,26). The van der Waals surface area contributed by atoms with Crippen LogP contribution in [0.1, 0.15) is 73.6 Å². The molecule has 0 spiro atoms. The number of rotatable bonds is 5. The summed E-state index contributed by atoms with van der Waals surface area (Å²) in [4.78, 5) is 13.3. The Balaban J connectivity index is 2.02.